The molecule has 29 heavy (non-hydrogen) atoms. The topological polar surface area (TPSA) is 108 Å². The van der Waals surface area contributed by atoms with E-state index in [9.17, 15) is 4.79 Å². The monoisotopic (exact) mass is 392 g/mol. The Balaban J connectivity index is 1.65. The summed E-state index contributed by atoms with van der Waals surface area (Å²) in [6.45, 7) is 0.618. The number of nitrogens with zero attached hydrogens (tertiary/aromatic N) is 4. The van der Waals surface area contributed by atoms with Gasteiger partial charge < -0.3 is 20.5 Å². The van der Waals surface area contributed by atoms with Crippen LogP contribution in [0.2, 0.25) is 0 Å². The lowest BCUT2D eigenvalue weighted by Gasteiger charge is -2.20. The molecule has 0 unspecified atom stereocenters. The molecule has 4 rings (SSSR count). The van der Waals surface area contributed by atoms with Crippen LogP contribution in [0.25, 0.3) is 5.69 Å². The summed E-state index contributed by atoms with van der Waals surface area (Å²) in [6, 6.07) is 16.8. The minimum Gasteiger partial charge on any atom is -0.459 e. The van der Waals surface area contributed by atoms with Crippen LogP contribution >= 0.6 is 0 Å². The molecule has 0 saturated heterocycles. The van der Waals surface area contributed by atoms with Crippen LogP contribution in [0.15, 0.2) is 66.7 Å². The average molecular weight is 392 g/mol. The summed E-state index contributed by atoms with van der Waals surface area (Å²) >= 11 is 0. The van der Waals surface area contributed by atoms with Gasteiger partial charge >= 0.3 is 0 Å². The molecule has 0 atom stereocenters. The molecule has 3 N–H and O–H groups in total. The molecular weight excluding hydrogens is 372 g/mol. The van der Waals surface area contributed by atoms with Gasteiger partial charge in [-0.25, -0.2) is 0 Å². The molecule has 2 aromatic carbocycles. The number of carbonyl (C=O) groups excluding carboxylic acids is 1. The SMILES string of the molecule is CNC(=O)c1ccc(-n2nc(N(Cc3ccccc3)C3=COCO3)nc2N)cc1. The van der Waals surface area contributed by atoms with Crippen LogP contribution in [0.1, 0.15) is 15.9 Å². The molecule has 9 nitrogen and oxygen atoms in total. The van der Waals surface area contributed by atoms with Gasteiger partial charge in [-0.05, 0) is 29.8 Å². The van der Waals surface area contributed by atoms with Gasteiger partial charge in [0.1, 0.15) is 6.26 Å². The van der Waals surface area contributed by atoms with Crippen LogP contribution < -0.4 is 16.0 Å². The van der Waals surface area contributed by atoms with Crippen LogP contribution in [-0.2, 0) is 16.0 Å². The van der Waals surface area contributed by atoms with Gasteiger partial charge in [0.05, 0.1) is 12.2 Å². The zero-order chi connectivity index (χ0) is 20.2. The second-order valence-corrected chi connectivity index (χ2v) is 6.26. The van der Waals surface area contributed by atoms with Gasteiger partial charge in [0.25, 0.3) is 11.9 Å². The second kappa shape index (κ2) is 7.93. The third-order valence-electron chi connectivity index (χ3n) is 4.37. The van der Waals surface area contributed by atoms with E-state index in [2.05, 4.69) is 15.4 Å². The van der Waals surface area contributed by atoms with Crippen molar-refractivity contribution >= 4 is 17.8 Å². The van der Waals surface area contributed by atoms with Crippen molar-refractivity contribution in [1.29, 1.82) is 0 Å². The van der Waals surface area contributed by atoms with Crippen molar-refractivity contribution in [3.05, 3.63) is 77.9 Å². The second-order valence-electron chi connectivity index (χ2n) is 6.26. The first-order chi connectivity index (χ1) is 14.2. The van der Waals surface area contributed by atoms with Gasteiger partial charge in [-0.1, -0.05) is 30.3 Å². The average Bonchev–Trinajstić information content (AvgIpc) is 3.42. The predicted octanol–water partition coefficient (Wildman–Crippen LogP) is 2.02. The fourth-order valence-corrected chi connectivity index (χ4v) is 2.90. The van der Waals surface area contributed by atoms with Crippen molar-refractivity contribution in [2.24, 2.45) is 0 Å². The summed E-state index contributed by atoms with van der Waals surface area (Å²) < 4.78 is 12.3. The Morgan fingerprint density at radius 2 is 1.97 bits per heavy atom. The van der Waals surface area contributed by atoms with Gasteiger partial charge in [-0.3, -0.25) is 9.69 Å². The van der Waals surface area contributed by atoms with Crippen molar-refractivity contribution in [1.82, 2.24) is 20.1 Å². The number of ether oxygens (including phenoxy) is 2. The molecule has 9 heteroatoms. The Morgan fingerprint density at radius 1 is 1.21 bits per heavy atom. The number of hydrogen-bond acceptors (Lipinski definition) is 7. The maximum absolute atomic E-state index is 11.7. The fourth-order valence-electron chi connectivity index (χ4n) is 2.90. The van der Waals surface area contributed by atoms with E-state index in [1.807, 2.05) is 30.3 Å². The number of anilines is 2. The standard InChI is InChI=1S/C20H20N6O3/c1-22-18(27)15-7-9-16(10-8-15)26-19(21)23-20(24-26)25(17-12-28-13-29-17)11-14-5-3-2-4-6-14/h2-10,12H,11,13H2,1H3,(H,22,27)(H2,21,23,24). The number of amides is 1. The Kier molecular flexibility index (Phi) is 5.02. The van der Waals surface area contributed by atoms with E-state index >= 15 is 0 Å². The van der Waals surface area contributed by atoms with Crippen molar-refractivity contribution in [2.75, 3.05) is 24.5 Å². The van der Waals surface area contributed by atoms with Gasteiger partial charge in [-0.2, -0.15) is 9.67 Å². The van der Waals surface area contributed by atoms with Crippen molar-refractivity contribution in [3.8, 4) is 5.69 Å². The van der Waals surface area contributed by atoms with Crippen molar-refractivity contribution in [2.45, 2.75) is 6.54 Å². The zero-order valence-electron chi connectivity index (χ0n) is 15.8. The van der Waals surface area contributed by atoms with E-state index < -0.39 is 0 Å². The molecule has 1 aliphatic rings. The summed E-state index contributed by atoms with van der Waals surface area (Å²) in [4.78, 5) is 17.9. The molecule has 3 aromatic rings. The molecular formula is C20H20N6O3. The lowest BCUT2D eigenvalue weighted by Crippen LogP contribution is -2.23. The van der Waals surface area contributed by atoms with Crippen LogP contribution in [0.3, 0.4) is 0 Å². The Morgan fingerprint density at radius 3 is 2.62 bits per heavy atom. The quantitative estimate of drug-likeness (QED) is 0.661. The molecule has 148 valence electrons. The van der Waals surface area contributed by atoms with Crippen LogP contribution in [-0.4, -0.2) is 34.5 Å². The van der Waals surface area contributed by atoms with Gasteiger partial charge in [0, 0.05) is 12.6 Å². The lowest BCUT2D eigenvalue weighted by atomic mass is 10.2. The summed E-state index contributed by atoms with van der Waals surface area (Å²) in [5.41, 5.74) is 8.40. The normalized spacial score (nSPS) is 12.7. The van der Waals surface area contributed by atoms with Crippen molar-refractivity contribution in [3.63, 3.8) is 0 Å². The molecule has 0 fully saturated rings. The number of nitrogen functional groups attached to an aromatic ring is 1. The van der Waals surface area contributed by atoms with E-state index in [1.165, 1.54) is 10.9 Å². The smallest absolute Gasteiger partial charge is 0.254 e. The summed E-state index contributed by atoms with van der Waals surface area (Å²) in [7, 11) is 1.59. The minimum atomic E-state index is -0.164. The van der Waals surface area contributed by atoms with Crippen LogP contribution in [0, 0.1) is 0 Å². The first-order valence-electron chi connectivity index (χ1n) is 8.97. The largest absolute Gasteiger partial charge is 0.459 e. The number of carbonyl (C=O) groups is 1. The highest BCUT2D eigenvalue weighted by Crippen LogP contribution is 2.24. The Labute approximate surface area is 167 Å². The third kappa shape index (κ3) is 3.84. The summed E-state index contributed by atoms with van der Waals surface area (Å²) in [6.07, 6.45) is 1.53. The van der Waals surface area contributed by atoms with E-state index in [0.29, 0.717) is 29.6 Å². The van der Waals surface area contributed by atoms with Gasteiger partial charge in [-0.15, -0.1) is 5.10 Å². The number of hydrogen-bond donors (Lipinski definition) is 2. The first-order valence-corrected chi connectivity index (χ1v) is 8.97. The molecule has 1 amide bonds. The molecule has 1 aromatic heterocycles. The summed E-state index contributed by atoms with van der Waals surface area (Å²) in [5.74, 6) is 0.924. The number of nitrogens with one attached hydrogen (secondary N) is 1. The highest BCUT2D eigenvalue weighted by molar-refractivity contribution is 5.94. The van der Waals surface area contributed by atoms with E-state index in [-0.39, 0.29) is 18.6 Å². The van der Waals surface area contributed by atoms with E-state index in [4.69, 9.17) is 15.2 Å². The minimum absolute atomic E-state index is 0.137. The Bertz CT molecular complexity index is 1030. The van der Waals surface area contributed by atoms with E-state index in [0.717, 1.165) is 5.56 Å². The van der Waals surface area contributed by atoms with Crippen LogP contribution in [0.5, 0.6) is 0 Å². The molecule has 2 heterocycles. The van der Waals surface area contributed by atoms with Crippen LogP contribution in [0.4, 0.5) is 11.9 Å². The Hall–Kier alpha value is -4.01. The molecule has 0 aliphatic carbocycles. The van der Waals surface area contributed by atoms with Crippen molar-refractivity contribution < 1.29 is 14.3 Å². The molecule has 0 bridgehead atoms. The molecule has 0 radical (unpaired) electrons. The molecule has 0 spiro atoms. The lowest BCUT2D eigenvalue weighted by molar-refractivity contribution is 0.0780. The van der Waals surface area contributed by atoms with E-state index in [1.54, 1.807) is 36.2 Å². The maximum atomic E-state index is 11.7. The van der Waals surface area contributed by atoms with Gasteiger partial charge in [0.2, 0.25) is 18.6 Å². The zero-order valence-corrected chi connectivity index (χ0v) is 15.8. The number of nitrogens with two attached hydrogens (primary N) is 1. The highest BCUT2D eigenvalue weighted by atomic mass is 16.7. The fraction of sp³-hybridized carbons (Fsp3) is 0.150. The van der Waals surface area contributed by atoms with Gasteiger partial charge in [0.15, 0.2) is 0 Å². The third-order valence-corrected chi connectivity index (χ3v) is 4.37. The maximum Gasteiger partial charge on any atom is 0.254 e. The molecule has 1 aliphatic heterocycles. The summed E-state index contributed by atoms with van der Waals surface area (Å²) in [5, 5.41) is 7.13. The predicted molar refractivity (Wildman–Crippen MR) is 107 cm³/mol. The number of aromatic nitrogens is 3. The number of benzene rings is 2. The first kappa shape index (κ1) is 18.4. The number of rotatable bonds is 6. The molecule has 0 saturated carbocycles. The highest BCUT2D eigenvalue weighted by Gasteiger charge is 2.23.